The Bertz CT molecular complexity index is 1190. The van der Waals surface area contributed by atoms with E-state index < -0.39 is 0 Å². The first-order valence-electron chi connectivity index (χ1n) is 10.8. The molecule has 0 saturated heterocycles. The quantitative estimate of drug-likeness (QED) is 0.378. The highest BCUT2D eigenvalue weighted by Gasteiger charge is 2.15. The standard InChI is InChI=1S/C26H29N5S/c1-26(2,3)12-9-20-17-32-23-22(20)30-24(19-10-13-28-14-11-19)31-25(23)29-16-21(27)15-18-7-5-4-6-8-18/h4-14,17,21H,15-16,27H2,1-3H3,(H,29,30,31). The lowest BCUT2D eigenvalue weighted by Crippen LogP contribution is -2.31. The van der Waals surface area contributed by atoms with Crippen LogP contribution in [-0.2, 0) is 6.42 Å². The third-order valence-electron chi connectivity index (χ3n) is 5.02. The molecule has 3 heterocycles. The Labute approximate surface area is 193 Å². The van der Waals surface area contributed by atoms with Crippen LogP contribution in [0.1, 0.15) is 31.9 Å². The van der Waals surface area contributed by atoms with Crippen LogP contribution in [0.4, 0.5) is 5.82 Å². The minimum absolute atomic E-state index is 0.0213. The van der Waals surface area contributed by atoms with Gasteiger partial charge in [0.1, 0.15) is 5.82 Å². The van der Waals surface area contributed by atoms with Crippen LogP contribution in [0.5, 0.6) is 0 Å². The number of pyridine rings is 1. The molecular formula is C26H29N5S. The number of rotatable bonds is 7. The fourth-order valence-corrected chi connectivity index (χ4v) is 4.30. The molecule has 1 unspecified atom stereocenters. The number of hydrogen-bond acceptors (Lipinski definition) is 6. The number of benzene rings is 1. The van der Waals surface area contributed by atoms with Crippen LogP contribution in [-0.4, -0.2) is 27.5 Å². The molecule has 6 heteroatoms. The van der Waals surface area contributed by atoms with E-state index in [1.54, 1.807) is 23.7 Å². The van der Waals surface area contributed by atoms with Gasteiger partial charge in [0, 0.05) is 41.5 Å². The molecule has 0 bridgehead atoms. The van der Waals surface area contributed by atoms with E-state index in [4.69, 9.17) is 15.7 Å². The number of thiophene rings is 1. The summed E-state index contributed by atoms with van der Waals surface area (Å²) in [6.45, 7) is 7.20. The van der Waals surface area contributed by atoms with E-state index in [9.17, 15) is 0 Å². The van der Waals surface area contributed by atoms with Gasteiger partial charge in [-0.1, -0.05) is 63.3 Å². The first-order chi connectivity index (χ1) is 15.4. The SMILES string of the molecule is CC(C)(C)C=Cc1csc2c(NCC(N)Cc3ccccc3)nc(-c3ccncc3)nc12. The summed E-state index contributed by atoms with van der Waals surface area (Å²) in [6, 6.07) is 14.2. The van der Waals surface area contributed by atoms with Gasteiger partial charge in [0.25, 0.3) is 0 Å². The van der Waals surface area contributed by atoms with E-state index in [-0.39, 0.29) is 11.5 Å². The van der Waals surface area contributed by atoms with Gasteiger partial charge < -0.3 is 11.1 Å². The van der Waals surface area contributed by atoms with Crippen molar-refractivity contribution >= 4 is 33.4 Å². The van der Waals surface area contributed by atoms with E-state index in [1.807, 2.05) is 30.3 Å². The molecule has 164 valence electrons. The van der Waals surface area contributed by atoms with Gasteiger partial charge in [-0.05, 0) is 29.5 Å². The maximum absolute atomic E-state index is 6.43. The normalized spacial score (nSPS) is 13.0. The summed E-state index contributed by atoms with van der Waals surface area (Å²) in [4.78, 5) is 13.9. The predicted octanol–water partition coefficient (Wildman–Crippen LogP) is 5.79. The smallest absolute Gasteiger partial charge is 0.162 e. The van der Waals surface area contributed by atoms with Crippen LogP contribution < -0.4 is 11.1 Å². The van der Waals surface area contributed by atoms with Crippen molar-refractivity contribution < 1.29 is 0 Å². The largest absolute Gasteiger partial charge is 0.367 e. The minimum Gasteiger partial charge on any atom is -0.367 e. The zero-order valence-corrected chi connectivity index (χ0v) is 19.6. The molecule has 3 aromatic heterocycles. The highest BCUT2D eigenvalue weighted by atomic mass is 32.1. The number of fused-ring (bicyclic) bond motifs is 1. The van der Waals surface area contributed by atoms with E-state index in [1.165, 1.54) is 5.56 Å². The Balaban J connectivity index is 1.65. The van der Waals surface area contributed by atoms with Crippen LogP contribution in [0, 0.1) is 5.41 Å². The van der Waals surface area contributed by atoms with E-state index in [0.29, 0.717) is 12.4 Å². The van der Waals surface area contributed by atoms with Crippen molar-refractivity contribution in [2.75, 3.05) is 11.9 Å². The highest BCUT2D eigenvalue weighted by molar-refractivity contribution is 7.18. The van der Waals surface area contributed by atoms with E-state index in [0.717, 1.165) is 33.6 Å². The Morgan fingerprint density at radius 3 is 2.53 bits per heavy atom. The second-order valence-electron chi connectivity index (χ2n) is 9.03. The van der Waals surface area contributed by atoms with Gasteiger partial charge in [-0.3, -0.25) is 4.98 Å². The lowest BCUT2D eigenvalue weighted by Gasteiger charge is -2.15. The van der Waals surface area contributed by atoms with Gasteiger partial charge in [0.15, 0.2) is 5.82 Å². The second-order valence-corrected chi connectivity index (χ2v) is 9.91. The topological polar surface area (TPSA) is 76.7 Å². The maximum Gasteiger partial charge on any atom is 0.162 e. The number of nitrogens with two attached hydrogens (primary N) is 1. The molecule has 0 aliphatic rings. The van der Waals surface area contributed by atoms with Crippen LogP contribution in [0.25, 0.3) is 27.7 Å². The van der Waals surface area contributed by atoms with Gasteiger partial charge in [-0.15, -0.1) is 11.3 Å². The lowest BCUT2D eigenvalue weighted by molar-refractivity contribution is 0.547. The summed E-state index contributed by atoms with van der Waals surface area (Å²) in [7, 11) is 0. The highest BCUT2D eigenvalue weighted by Crippen LogP contribution is 2.33. The van der Waals surface area contributed by atoms with Crippen molar-refractivity contribution in [3.8, 4) is 11.4 Å². The van der Waals surface area contributed by atoms with Crippen molar-refractivity contribution in [2.45, 2.75) is 33.2 Å². The van der Waals surface area contributed by atoms with Gasteiger partial charge in [-0.2, -0.15) is 0 Å². The minimum atomic E-state index is -0.0213. The Morgan fingerprint density at radius 1 is 1.06 bits per heavy atom. The van der Waals surface area contributed by atoms with Gasteiger partial charge in [0.05, 0.1) is 10.2 Å². The van der Waals surface area contributed by atoms with E-state index >= 15 is 0 Å². The van der Waals surface area contributed by atoms with Crippen molar-refractivity contribution in [3.05, 3.63) is 77.4 Å². The zero-order chi connectivity index (χ0) is 22.6. The maximum atomic E-state index is 6.43. The van der Waals surface area contributed by atoms with Crippen molar-refractivity contribution in [1.29, 1.82) is 0 Å². The Hall–Kier alpha value is -3.09. The summed E-state index contributed by atoms with van der Waals surface area (Å²) < 4.78 is 1.04. The van der Waals surface area contributed by atoms with Crippen LogP contribution in [0.3, 0.4) is 0 Å². The summed E-state index contributed by atoms with van der Waals surface area (Å²) >= 11 is 1.66. The second kappa shape index (κ2) is 9.59. The molecule has 1 atom stereocenters. The molecule has 0 spiro atoms. The molecule has 0 saturated carbocycles. The first kappa shape index (κ1) is 22.1. The van der Waals surface area contributed by atoms with E-state index in [2.05, 4.69) is 60.7 Å². The summed E-state index contributed by atoms with van der Waals surface area (Å²) in [5, 5.41) is 5.64. The van der Waals surface area contributed by atoms with Gasteiger partial charge in [-0.25, -0.2) is 9.97 Å². The molecule has 1 aromatic carbocycles. The predicted molar refractivity (Wildman–Crippen MR) is 136 cm³/mol. The molecule has 0 radical (unpaired) electrons. The van der Waals surface area contributed by atoms with Crippen molar-refractivity contribution in [2.24, 2.45) is 11.1 Å². The fraction of sp³-hybridized carbons (Fsp3) is 0.269. The first-order valence-corrected chi connectivity index (χ1v) is 11.7. The third-order valence-corrected chi connectivity index (χ3v) is 6.01. The Kier molecular flexibility index (Phi) is 6.63. The van der Waals surface area contributed by atoms with Gasteiger partial charge >= 0.3 is 0 Å². The number of aromatic nitrogens is 3. The summed E-state index contributed by atoms with van der Waals surface area (Å²) in [5.41, 5.74) is 10.8. The number of nitrogens with one attached hydrogen (secondary N) is 1. The number of allylic oxidation sites excluding steroid dienone is 1. The summed E-state index contributed by atoms with van der Waals surface area (Å²) in [6.07, 6.45) is 8.71. The molecule has 3 N–H and O–H groups in total. The number of anilines is 1. The molecule has 5 nitrogen and oxygen atoms in total. The number of hydrogen-bond donors (Lipinski definition) is 2. The molecule has 4 aromatic rings. The average Bonchev–Trinajstić information content (AvgIpc) is 3.20. The Morgan fingerprint density at radius 2 is 1.81 bits per heavy atom. The van der Waals surface area contributed by atoms with Crippen molar-refractivity contribution in [1.82, 2.24) is 15.0 Å². The summed E-state index contributed by atoms with van der Waals surface area (Å²) in [5.74, 6) is 1.51. The molecule has 0 aliphatic carbocycles. The molecule has 0 fully saturated rings. The van der Waals surface area contributed by atoms with Crippen LogP contribution >= 0.6 is 11.3 Å². The molecule has 4 rings (SSSR count). The van der Waals surface area contributed by atoms with Crippen LogP contribution in [0.15, 0.2) is 66.3 Å². The van der Waals surface area contributed by atoms with Crippen LogP contribution in [0.2, 0.25) is 0 Å². The third kappa shape index (κ3) is 5.58. The average molecular weight is 444 g/mol. The van der Waals surface area contributed by atoms with Gasteiger partial charge in [0.2, 0.25) is 0 Å². The molecule has 0 amide bonds. The molecule has 0 aliphatic heterocycles. The monoisotopic (exact) mass is 443 g/mol. The zero-order valence-electron chi connectivity index (χ0n) is 18.7. The molecule has 32 heavy (non-hydrogen) atoms. The number of nitrogens with zero attached hydrogens (tertiary/aromatic N) is 3. The fourth-order valence-electron chi connectivity index (χ4n) is 3.36. The lowest BCUT2D eigenvalue weighted by atomic mass is 9.95. The van der Waals surface area contributed by atoms with Crippen molar-refractivity contribution in [3.63, 3.8) is 0 Å². The molecular weight excluding hydrogens is 414 g/mol.